The SMILES string of the molecule is CCCC(=O)c1cnn(-c2ccc(NC(=O)c3cn(CC(=O)N4CC(C)N(CCOC)C(C)C4)c4ccc(Cl)cc34)cc2)c1C.Cl. The number of ether oxygens (including phenoxy) is 1. The van der Waals surface area contributed by atoms with E-state index in [1.54, 1.807) is 48.5 Å². The molecule has 1 N–H and O–H groups in total. The normalized spacial score (nSPS) is 16.8. The van der Waals surface area contributed by atoms with Crippen LogP contribution in [0.3, 0.4) is 0 Å². The van der Waals surface area contributed by atoms with Gasteiger partial charge in [-0.2, -0.15) is 5.10 Å². The lowest BCUT2D eigenvalue weighted by atomic mass is 10.1. The van der Waals surface area contributed by atoms with E-state index in [0.29, 0.717) is 53.3 Å². The predicted molar refractivity (Wildman–Crippen MR) is 184 cm³/mol. The van der Waals surface area contributed by atoms with Gasteiger partial charge < -0.3 is 19.5 Å². The molecule has 46 heavy (non-hydrogen) atoms. The summed E-state index contributed by atoms with van der Waals surface area (Å²) in [6.45, 7) is 11.0. The van der Waals surface area contributed by atoms with E-state index in [-0.39, 0.29) is 48.6 Å². The molecule has 0 saturated carbocycles. The fraction of sp³-hybridized carbons (Fsp3) is 0.412. The van der Waals surface area contributed by atoms with Gasteiger partial charge in [0.2, 0.25) is 5.91 Å². The maximum atomic E-state index is 13.6. The van der Waals surface area contributed by atoms with Crippen LogP contribution >= 0.6 is 24.0 Å². The molecule has 0 bridgehead atoms. The minimum Gasteiger partial charge on any atom is -0.383 e. The van der Waals surface area contributed by atoms with E-state index in [2.05, 4.69) is 29.2 Å². The van der Waals surface area contributed by atoms with Gasteiger partial charge in [-0.1, -0.05) is 18.5 Å². The molecule has 1 aliphatic rings. The topological polar surface area (TPSA) is 102 Å². The highest BCUT2D eigenvalue weighted by atomic mass is 35.5. The number of halogens is 2. The van der Waals surface area contributed by atoms with Gasteiger partial charge in [-0.3, -0.25) is 19.3 Å². The molecule has 3 heterocycles. The molecule has 2 atom stereocenters. The van der Waals surface area contributed by atoms with Crippen molar-refractivity contribution < 1.29 is 19.1 Å². The van der Waals surface area contributed by atoms with Gasteiger partial charge in [0.25, 0.3) is 5.91 Å². The molecule has 1 saturated heterocycles. The highest BCUT2D eigenvalue weighted by Gasteiger charge is 2.32. The number of hydrogen-bond donors (Lipinski definition) is 1. The Morgan fingerprint density at radius 1 is 1.04 bits per heavy atom. The number of ketones is 1. The maximum Gasteiger partial charge on any atom is 0.257 e. The Morgan fingerprint density at radius 2 is 1.74 bits per heavy atom. The summed E-state index contributed by atoms with van der Waals surface area (Å²) in [5.41, 5.74) is 3.97. The number of aromatic nitrogens is 3. The molecule has 0 radical (unpaired) electrons. The number of piperazine rings is 1. The number of anilines is 1. The van der Waals surface area contributed by atoms with E-state index in [1.165, 1.54) is 0 Å². The van der Waals surface area contributed by atoms with Gasteiger partial charge in [0, 0.05) is 73.1 Å². The monoisotopic (exact) mass is 668 g/mol. The molecule has 1 aliphatic heterocycles. The van der Waals surface area contributed by atoms with E-state index < -0.39 is 0 Å². The summed E-state index contributed by atoms with van der Waals surface area (Å²) in [6.07, 6.45) is 4.60. The Hall–Kier alpha value is -3.70. The molecule has 10 nitrogen and oxygen atoms in total. The standard InChI is InChI=1S/C34H41ClN6O4.ClH/c1-6-7-32(42)29-17-36-41(24(29)4)27-11-9-26(10-12-27)37-34(44)30-20-38(31-13-8-25(35)16-28(30)31)21-33(43)39-18-22(2)40(14-15-45-5)23(3)19-39;/h8-13,16-17,20,22-23H,6-7,14-15,18-19,21H2,1-5H3,(H,37,44);1H. The number of Topliss-reactive ketones (excluding diaryl/α,β-unsaturated/α-hetero) is 1. The first-order chi connectivity index (χ1) is 21.6. The third-order valence-electron chi connectivity index (χ3n) is 8.56. The van der Waals surface area contributed by atoms with Gasteiger partial charge in [0.05, 0.1) is 35.3 Å². The Kier molecular flexibility index (Phi) is 11.7. The van der Waals surface area contributed by atoms with Crippen LogP contribution in [0.25, 0.3) is 16.6 Å². The number of benzene rings is 2. The zero-order valence-electron chi connectivity index (χ0n) is 27.0. The lowest BCUT2D eigenvalue weighted by Gasteiger charge is -2.44. The quantitative estimate of drug-likeness (QED) is 0.196. The molecule has 12 heteroatoms. The molecule has 2 amide bonds. The number of hydrogen-bond acceptors (Lipinski definition) is 6. The Labute approximate surface area is 281 Å². The molecule has 246 valence electrons. The highest BCUT2D eigenvalue weighted by molar-refractivity contribution is 6.31. The predicted octanol–water partition coefficient (Wildman–Crippen LogP) is 6.01. The number of amides is 2. The van der Waals surface area contributed by atoms with E-state index in [9.17, 15) is 14.4 Å². The van der Waals surface area contributed by atoms with E-state index in [4.69, 9.17) is 16.3 Å². The van der Waals surface area contributed by atoms with Crippen LogP contribution in [0.1, 0.15) is 60.0 Å². The van der Waals surface area contributed by atoms with Gasteiger partial charge >= 0.3 is 0 Å². The number of rotatable bonds is 11. The largest absolute Gasteiger partial charge is 0.383 e. The fourth-order valence-corrected chi connectivity index (χ4v) is 6.39. The fourth-order valence-electron chi connectivity index (χ4n) is 6.21. The molecule has 2 aromatic heterocycles. The summed E-state index contributed by atoms with van der Waals surface area (Å²) in [6, 6.07) is 13.1. The summed E-state index contributed by atoms with van der Waals surface area (Å²) in [4.78, 5) is 43.8. The lowest BCUT2D eigenvalue weighted by molar-refractivity contribution is -0.136. The first kappa shape index (κ1) is 35.2. The van der Waals surface area contributed by atoms with Crippen molar-refractivity contribution in [3.05, 3.63) is 76.7 Å². The van der Waals surface area contributed by atoms with Crippen LogP contribution in [0, 0.1) is 6.92 Å². The minimum atomic E-state index is -0.307. The van der Waals surface area contributed by atoms with Gasteiger partial charge in [-0.15, -0.1) is 12.4 Å². The number of carbonyl (C=O) groups excluding carboxylic acids is 3. The van der Waals surface area contributed by atoms with Crippen LogP contribution in [0.15, 0.2) is 54.9 Å². The molecular formula is C34H42Cl2N6O4. The average Bonchev–Trinajstić information content (AvgIpc) is 3.57. The van der Waals surface area contributed by atoms with Crippen LogP contribution in [-0.4, -0.2) is 87.2 Å². The molecule has 0 spiro atoms. The number of fused-ring (bicyclic) bond motifs is 1. The molecule has 5 rings (SSSR count). The van der Waals surface area contributed by atoms with Crippen molar-refractivity contribution in [1.82, 2.24) is 24.1 Å². The van der Waals surface area contributed by atoms with Crippen molar-refractivity contribution in [3.63, 3.8) is 0 Å². The Bertz CT molecular complexity index is 1690. The molecule has 1 fully saturated rings. The average molecular weight is 670 g/mol. The minimum absolute atomic E-state index is 0. The summed E-state index contributed by atoms with van der Waals surface area (Å²) >= 11 is 6.34. The second kappa shape index (κ2) is 15.3. The molecule has 2 unspecified atom stereocenters. The van der Waals surface area contributed by atoms with Crippen LogP contribution in [0.5, 0.6) is 0 Å². The number of nitrogens with one attached hydrogen (secondary N) is 1. The Balaban J connectivity index is 0.00000480. The van der Waals surface area contributed by atoms with Crippen LogP contribution < -0.4 is 5.32 Å². The molecule has 4 aromatic rings. The number of carbonyl (C=O) groups is 3. The highest BCUT2D eigenvalue weighted by Crippen LogP contribution is 2.27. The van der Waals surface area contributed by atoms with Crippen molar-refractivity contribution in [3.8, 4) is 5.69 Å². The van der Waals surface area contributed by atoms with Crippen molar-refractivity contribution >= 4 is 58.2 Å². The first-order valence-corrected chi connectivity index (χ1v) is 15.8. The van der Waals surface area contributed by atoms with E-state index in [0.717, 1.165) is 29.9 Å². The summed E-state index contributed by atoms with van der Waals surface area (Å²) in [7, 11) is 1.70. The smallest absolute Gasteiger partial charge is 0.257 e. The first-order valence-electron chi connectivity index (χ1n) is 15.4. The molecule has 0 aliphatic carbocycles. The van der Waals surface area contributed by atoms with Gasteiger partial charge in [0.15, 0.2) is 5.78 Å². The van der Waals surface area contributed by atoms with Crippen LogP contribution in [0.2, 0.25) is 5.02 Å². The van der Waals surface area contributed by atoms with Crippen molar-refractivity contribution in [2.75, 3.05) is 38.7 Å². The van der Waals surface area contributed by atoms with Crippen molar-refractivity contribution in [1.29, 1.82) is 0 Å². The van der Waals surface area contributed by atoms with E-state index in [1.807, 2.05) is 41.5 Å². The number of methoxy groups -OCH3 is 1. The van der Waals surface area contributed by atoms with Crippen LogP contribution in [-0.2, 0) is 16.1 Å². The Morgan fingerprint density at radius 3 is 2.39 bits per heavy atom. The van der Waals surface area contributed by atoms with Crippen molar-refractivity contribution in [2.45, 2.75) is 59.2 Å². The second-order valence-corrected chi connectivity index (χ2v) is 12.2. The zero-order chi connectivity index (χ0) is 32.2. The molecular weight excluding hydrogens is 627 g/mol. The third-order valence-corrected chi connectivity index (χ3v) is 8.79. The summed E-state index contributed by atoms with van der Waals surface area (Å²) < 4.78 is 8.82. The summed E-state index contributed by atoms with van der Waals surface area (Å²) in [5, 5.41) is 8.56. The lowest BCUT2D eigenvalue weighted by Crippen LogP contribution is -2.59. The number of nitrogens with zero attached hydrogens (tertiary/aromatic N) is 5. The van der Waals surface area contributed by atoms with Gasteiger partial charge in [0.1, 0.15) is 6.54 Å². The summed E-state index contributed by atoms with van der Waals surface area (Å²) in [5.74, 6) is -0.225. The van der Waals surface area contributed by atoms with Crippen molar-refractivity contribution in [2.24, 2.45) is 0 Å². The zero-order valence-corrected chi connectivity index (χ0v) is 28.5. The molecule has 2 aromatic carbocycles. The van der Waals surface area contributed by atoms with Gasteiger partial charge in [-0.05, 0) is 69.7 Å². The maximum absolute atomic E-state index is 13.6. The van der Waals surface area contributed by atoms with Crippen LogP contribution in [0.4, 0.5) is 5.69 Å². The van der Waals surface area contributed by atoms with E-state index >= 15 is 0 Å². The van der Waals surface area contributed by atoms with Gasteiger partial charge in [-0.25, -0.2) is 4.68 Å². The third kappa shape index (κ3) is 7.47. The second-order valence-electron chi connectivity index (χ2n) is 11.8.